The van der Waals surface area contributed by atoms with Crippen LogP contribution in [0.5, 0.6) is 0 Å². The van der Waals surface area contributed by atoms with Gasteiger partial charge in [-0.25, -0.2) is 4.79 Å². The topological polar surface area (TPSA) is 188 Å². The minimum absolute atomic E-state index is 0.0156. The molecule has 172 valence electrons. The summed E-state index contributed by atoms with van der Waals surface area (Å²) in [6.07, 6.45) is 0.201. The quantitative estimate of drug-likeness (QED) is 0.224. The van der Waals surface area contributed by atoms with E-state index in [2.05, 4.69) is 16.0 Å². The highest BCUT2D eigenvalue weighted by atomic mass is 16.4. The minimum atomic E-state index is -1.32. The van der Waals surface area contributed by atoms with Crippen LogP contribution in [-0.2, 0) is 24.0 Å². The van der Waals surface area contributed by atoms with Crippen molar-refractivity contribution in [2.75, 3.05) is 0 Å². The zero-order valence-electron chi connectivity index (χ0n) is 18.1. The Bertz CT molecular complexity index is 638. The summed E-state index contributed by atoms with van der Waals surface area (Å²) < 4.78 is 0. The molecule has 0 heterocycles. The van der Waals surface area contributed by atoms with Crippen molar-refractivity contribution in [2.45, 2.75) is 78.0 Å². The number of aliphatic carboxylic acids is 2. The van der Waals surface area contributed by atoms with Gasteiger partial charge in [0.2, 0.25) is 17.7 Å². The van der Waals surface area contributed by atoms with Crippen molar-refractivity contribution in [3.63, 3.8) is 0 Å². The van der Waals surface area contributed by atoms with Gasteiger partial charge in [0.05, 0.1) is 12.5 Å². The van der Waals surface area contributed by atoms with Gasteiger partial charge in [-0.2, -0.15) is 0 Å². The van der Waals surface area contributed by atoms with Crippen molar-refractivity contribution < 1.29 is 34.2 Å². The van der Waals surface area contributed by atoms with Crippen LogP contribution in [-0.4, -0.2) is 64.0 Å². The monoisotopic (exact) mass is 430 g/mol. The van der Waals surface area contributed by atoms with Gasteiger partial charge in [-0.05, 0) is 25.2 Å². The van der Waals surface area contributed by atoms with Crippen molar-refractivity contribution in [1.82, 2.24) is 16.0 Å². The lowest BCUT2D eigenvalue weighted by Crippen LogP contribution is -2.57. The third kappa shape index (κ3) is 9.68. The lowest BCUT2D eigenvalue weighted by molar-refractivity contribution is -0.144. The van der Waals surface area contributed by atoms with Gasteiger partial charge in [-0.15, -0.1) is 0 Å². The predicted octanol–water partition coefficient (Wildman–Crippen LogP) is -0.560. The van der Waals surface area contributed by atoms with Crippen LogP contribution in [0.2, 0.25) is 0 Å². The van der Waals surface area contributed by atoms with Crippen molar-refractivity contribution in [3.05, 3.63) is 0 Å². The molecule has 0 radical (unpaired) electrons. The number of hydrogen-bond acceptors (Lipinski definition) is 6. The van der Waals surface area contributed by atoms with Gasteiger partial charge >= 0.3 is 11.9 Å². The van der Waals surface area contributed by atoms with Crippen molar-refractivity contribution in [3.8, 4) is 0 Å². The Balaban J connectivity index is 5.16. The Morgan fingerprint density at radius 1 is 0.867 bits per heavy atom. The summed E-state index contributed by atoms with van der Waals surface area (Å²) in [5, 5.41) is 25.3. The zero-order chi connectivity index (χ0) is 23.6. The van der Waals surface area contributed by atoms with Crippen LogP contribution >= 0.6 is 0 Å². The normalized spacial score (nSPS) is 16.0. The average molecular weight is 431 g/mol. The third-order valence-electron chi connectivity index (χ3n) is 4.60. The number of nitrogens with two attached hydrogens (primary N) is 1. The number of rotatable bonds is 13. The Hall–Kier alpha value is -2.69. The lowest BCUT2D eigenvalue weighted by atomic mass is 9.97. The van der Waals surface area contributed by atoms with E-state index < -0.39 is 60.2 Å². The lowest BCUT2D eigenvalue weighted by Gasteiger charge is -2.26. The molecule has 0 saturated heterocycles. The Morgan fingerprint density at radius 3 is 1.87 bits per heavy atom. The Morgan fingerprint density at radius 2 is 1.43 bits per heavy atom. The average Bonchev–Trinajstić information content (AvgIpc) is 2.63. The van der Waals surface area contributed by atoms with E-state index in [1.54, 1.807) is 13.8 Å². The van der Waals surface area contributed by atoms with Crippen molar-refractivity contribution in [1.29, 1.82) is 0 Å². The molecule has 0 rings (SSSR count). The second-order valence-electron chi connectivity index (χ2n) is 7.84. The van der Waals surface area contributed by atoms with E-state index in [0.29, 0.717) is 6.42 Å². The summed E-state index contributed by atoms with van der Waals surface area (Å²) in [6.45, 7) is 8.55. The van der Waals surface area contributed by atoms with Crippen molar-refractivity contribution in [2.24, 2.45) is 17.6 Å². The second-order valence-corrected chi connectivity index (χ2v) is 7.84. The Labute approximate surface area is 176 Å². The first-order valence-corrected chi connectivity index (χ1v) is 9.91. The molecular formula is C19H34N4O7. The number of amides is 3. The number of nitrogens with one attached hydrogen (secondary N) is 3. The summed E-state index contributed by atoms with van der Waals surface area (Å²) in [5.41, 5.74) is 5.46. The number of hydrogen-bond donors (Lipinski definition) is 6. The standard InChI is InChI=1S/C19H34N4O7/c1-6-10(4)15(19(29)30)23-18(28)13(7-9(2)3)22-16(26)11(5)21-17(27)12(20)8-14(24)25/h9-13,15H,6-8,20H2,1-5H3,(H,21,27)(H,22,26)(H,23,28)(H,24,25)(H,29,30). The third-order valence-corrected chi connectivity index (χ3v) is 4.60. The fourth-order valence-corrected chi connectivity index (χ4v) is 2.60. The molecule has 0 aromatic rings. The SMILES string of the molecule is CCC(C)C(NC(=O)C(CC(C)C)NC(=O)C(C)NC(=O)C(N)CC(=O)O)C(=O)O. The molecule has 11 heteroatoms. The smallest absolute Gasteiger partial charge is 0.326 e. The summed E-state index contributed by atoms with van der Waals surface area (Å²) in [7, 11) is 0. The van der Waals surface area contributed by atoms with Gasteiger partial charge in [-0.1, -0.05) is 34.1 Å². The molecule has 3 amide bonds. The molecule has 0 aliphatic heterocycles. The molecule has 7 N–H and O–H groups in total. The molecule has 0 aromatic carbocycles. The molecular weight excluding hydrogens is 396 g/mol. The highest BCUT2D eigenvalue weighted by Crippen LogP contribution is 2.11. The molecule has 0 aliphatic rings. The maximum Gasteiger partial charge on any atom is 0.326 e. The molecule has 0 aromatic heterocycles. The summed E-state index contributed by atoms with van der Waals surface area (Å²) in [6, 6.07) is -4.50. The fraction of sp³-hybridized carbons (Fsp3) is 0.737. The highest BCUT2D eigenvalue weighted by molar-refractivity contribution is 5.94. The molecule has 0 saturated carbocycles. The number of carbonyl (C=O) groups is 5. The van der Waals surface area contributed by atoms with Crippen LogP contribution in [0.25, 0.3) is 0 Å². The van der Waals surface area contributed by atoms with Gasteiger partial charge in [-0.3, -0.25) is 19.2 Å². The van der Waals surface area contributed by atoms with E-state index in [1.165, 1.54) is 6.92 Å². The van der Waals surface area contributed by atoms with Crippen LogP contribution in [0.4, 0.5) is 0 Å². The molecule has 5 atom stereocenters. The fourth-order valence-electron chi connectivity index (χ4n) is 2.60. The van der Waals surface area contributed by atoms with Crippen LogP contribution in [0.1, 0.15) is 53.9 Å². The van der Waals surface area contributed by atoms with E-state index in [-0.39, 0.29) is 18.3 Å². The molecule has 0 aliphatic carbocycles. The van der Waals surface area contributed by atoms with Gasteiger partial charge in [0.15, 0.2) is 0 Å². The molecule has 11 nitrogen and oxygen atoms in total. The maximum atomic E-state index is 12.7. The first-order chi connectivity index (χ1) is 13.8. The molecule has 0 fully saturated rings. The van der Waals surface area contributed by atoms with Crippen LogP contribution in [0.15, 0.2) is 0 Å². The van der Waals surface area contributed by atoms with Crippen LogP contribution in [0, 0.1) is 11.8 Å². The molecule has 0 bridgehead atoms. The van der Waals surface area contributed by atoms with Crippen molar-refractivity contribution >= 4 is 29.7 Å². The number of carbonyl (C=O) groups excluding carboxylic acids is 3. The largest absolute Gasteiger partial charge is 0.481 e. The first-order valence-electron chi connectivity index (χ1n) is 9.91. The summed E-state index contributed by atoms with van der Waals surface area (Å²) >= 11 is 0. The summed E-state index contributed by atoms with van der Waals surface area (Å²) in [5.74, 6) is -4.84. The van der Waals surface area contributed by atoms with Gasteiger partial charge in [0.1, 0.15) is 18.1 Å². The molecule has 0 spiro atoms. The second kappa shape index (κ2) is 12.8. The van der Waals surface area contributed by atoms with E-state index in [1.807, 2.05) is 13.8 Å². The molecule has 30 heavy (non-hydrogen) atoms. The van der Waals surface area contributed by atoms with E-state index in [9.17, 15) is 29.1 Å². The Kier molecular flexibility index (Phi) is 11.6. The highest BCUT2D eigenvalue weighted by Gasteiger charge is 2.31. The number of carboxylic acids is 2. The van der Waals surface area contributed by atoms with Crippen LogP contribution in [0.3, 0.4) is 0 Å². The van der Waals surface area contributed by atoms with E-state index in [0.717, 1.165) is 0 Å². The van der Waals surface area contributed by atoms with Gasteiger partial charge in [0, 0.05) is 0 Å². The first kappa shape index (κ1) is 27.3. The maximum absolute atomic E-state index is 12.7. The summed E-state index contributed by atoms with van der Waals surface area (Å²) in [4.78, 5) is 59.1. The van der Waals surface area contributed by atoms with Gasteiger partial charge in [0.25, 0.3) is 0 Å². The number of carboxylic acid groups (broad SMARTS) is 2. The van der Waals surface area contributed by atoms with Crippen LogP contribution < -0.4 is 21.7 Å². The van der Waals surface area contributed by atoms with E-state index in [4.69, 9.17) is 10.8 Å². The minimum Gasteiger partial charge on any atom is -0.481 e. The predicted molar refractivity (Wildman–Crippen MR) is 108 cm³/mol. The molecule has 5 unspecified atom stereocenters. The van der Waals surface area contributed by atoms with Gasteiger partial charge < -0.3 is 31.9 Å². The zero-order valence-corrected chi connectivity index (χ0v) is 18.1. The van der Waals surface area contributed by atoms with E-state index >= 15 is 0 Å².